The zero-order valence-electron chi connectivity index (χ0n) is 18.6. The molecular weight excluding hydrogens is 408 g/mol. The van der Waals surface area contributed by atoms with Crippen LogP contribution in [0.1, 0.15) is 52.4 Å². The van der Waals surface area contributed by atoms with E-state index in [9.17, 15) is 9.59 Å². The second-order valence-corrected chi connectivity index (χ2v) is 7.11. The summed E-state index contributed by atoms with van der Waals surface area (Å²) in [7, 11) is 3.09. The van der Waals surface area contributed by atoms with Crippen molar-refractivity contribution < 1.29 is 28.8 Å². The highest BCUT2D eigenvalue weighted by Crippen LogP contribution is 2.44. The summed E-state index contributed by atoms with van der Waals surface area (Å²) >= 11 is 0. The van der Waals surface area contributed by atoms with Gasteiger partial charge in [0.05, 0.1) is 19.8 Å². The average molecular weight is 434 g/mol. The normalized spacial score (nSPS) is 10.5. The van der Waals surface area contributed by atoms with Crippen LogP contribution < -0.4 is 9.47 Å². The summed E-state index contributed by atoms with van der Waals surface area (Å²) in [5, 5.41) is 0. The number of carbonyl (C=O) groups excluding carboxylic acids is 2. The van der Waals surface area contributed by atoms with E-state index in [1.54, 1.807) is 13.2 Å². The van der Waals surface area contributed by atoms with Gasteiger partial charge in [-0.2, -0.15) is 0 Å². The molecule has 3 aromatic rings. The number of rotatable bonds is 7. The number of hydrogen-bond donors (Lipinski definition) is 0. The zero-order valence-corrected chi connectivity index (χ0v) is 18.6. The Kier molecular flexibility index (Phi) is 7.49. The van der Waals surface area contributed by atoms with E-state index in [4.69, 9.17) is 14.4 Å². The van der Waals surface area contributed by atoms with E-state index in [1.807, 2.05) is 67.6 Å². The Morgan fingerprint density at radius 2 is 1.41 bits per heavy atom. The fourth-order valence-electron chi connectivity index (χ4n) is 3.86. The van der Waals surface area contributed by atoms with Gasteiger partial charge >= 0.3 is 11.9 Å². The molecule has 0 N–H and O–H groups in total. The Morgan fingerprint density at radius 1 is 0.844 bits per heavy atom. The Balaban J connectivity index is 2.35. The molecule has 0 amide bonds. The first kappa shape index (κ1) is 22.9. The van der Waals surface area contributed by atoms with Gasteiger partial charge in [0.15, 0.2) is 0 Å². The van der Waals surface area contributed by atoms with E-state index < -0.39 is 11.9 Å². The minimum Gasteiger partial charge on any atom is -0.496 e. The van der Waals surface area contributed by atoms with Gasteiger partial charge in [0.25, 0.3) is 0 Å². The molecule has 0 aliphatic carbocycles. The van der Waals surface area contributed by atoms with E-state index in [2.05, 4.69) is 4.89 Å². The van der Waals surface area contributed by atoms with Gasteiger partial charge in [0, 0.05) is 24.0 Å². The van der Waals surface area contributed by atoms with Gasteiger partial charge in [-0.1, -0.05) is 67.6 Å². The van der Waals surface area contributed by atoms with E-state index in [-0.39, 0.29) is 11.5 Å². The summed E-state index contributed by atoms with van der Waals surface area (Å²) in [5.41, 5.74) is 3.55. The standard InChI is InChI=1S/C26H26O6/c1-5-20-22(29-3)16-21(26(28)32-31-17(2)27)24(25(20)30-4)23(18-12-8-6-9-13-18)19-14-10-7-11-15-19/h6-16,23H,5H2,1-4H3. The van der Waals surface area contributed by atoms with Crippen molar-refractivity contribution in [2.45, 2.75) is 26.2 Å². The number of methoxy groups -OCH3 is 2. The molecule has 0 saturated carbocycles. The molecule has 32 heavy (non-hydrogen) atoms. The molecule has 3 rings (SSSR count). The molecule has 0 radical (unpaired) electrons. The molecule has 6 nitrogen and oxygen atoms in total. The lowest BCUT2D eigenvalue weighted by Gasteiger charge is -2.26. The van der Waals surface area contributed by atoms with Crippen LogP contribution in [0.5, 0.6) is 11.5 Å². The molecular formula is C26H26O6. The summed E-state index contributed by atoms with van der Waals surface area (Å²) in [4.78, 5) is 33.7. The number of hydrogen-bond acceptors (Lipinski definition) is 6. The van der Waals surface area contributed by atoms with Gasteiger partial charge < -0.3 is 9.47 Å². The number of carbonyl (C=O) groups is 2. The molecule has 0 aliphatic heterocycles. The highest BCUT2D eigenvalue weighted by molar-refractivity contribution is 5.94. The fourth-order valence-corrected chi connectivity index (χ4v) is 3.86. The third-order valence-corrected chi connectivity index (χ3v) is 5.17. The van der Waals surface area contributed by atoms with Crippen molar-refractivity contribution in [2.24, 2.45) is 0 Å². The van der Waals surface area contributed by atoms with Crippen LogP contribution >= 0.6 is 0 Å². The zero-order chi connectivity index (χ0) is 23.1. The lowest BCUT2D eigenvalue weighted by Crippen LogP contribution is -2.17. The predicted octanol–water partition coefficient (Wildman–Crippen LogP) is 5.08. The number of ether oxygens (including phenoxy) is 2. The van der Waals surface area contributed by atoms with Crippen molar-refractivity contribution in [1.82, 2.24) is 0 Å². The molecule has 0 saturated heterocycles. The third-order valence-electron chi connectivity index (χ3n) is 5.17. The van der Waals surface area contributed by atoms with E-state index in [0.29, 0.717) is 23.5 Å². The Morgan fingerprint density at radius 3 is 1.84 bits per heavy atom. The van der Waals surface area contributed by atoms with Gasteiger partial charge in [-0.3, -0.25) is 0 Å². The van der Waals surface area contributed by atoms with Crippen molar-refractivity contribution in [2.75, 3.05) is 14.2 Å². The molecule has 0 aliphatic rings. The molecule has 0 spiro atoms. The molecule has 0 unspecified atom stereocenters. The van der Waals surface area contributed by atoms with Crippen molar-refractivity contribution in [3.63, 3.8) is 0 Å². The van der Waals surface area contributed by atoms with E-state index >= 15 is 0 Å². The Labute approximate surface area is 187 Å². The van der Waals surface area contributed by atoms with E-state index in [0.717, 1.165) is 23.6 Å². The van der Waals surface area contributed by atoms with Crippen LogP contribution in [0.25, 0.3) is 0 Å². The van der Waals surface area contributed by atoms with Gasteiger partial charge in [0.2, 0.25) is 0 Å². The summed E-state index contributed by atoms with van der Waals surface area (Å²) in [6.45, 7) is 3.15. The second-order valence-electron chi connectivity index (χ2n) is 7.11. The van der Waals surface area contributed by atoms with Crippen LogP contribution in [0, 0.1) is 0 Å². The van der Waals surface area contributed by atoms with Gasteiger partial charge in [-0.05, 0) is 23.6 Å². The minimum absolute atomic E-state index is 0.190. The SMILES string of the molecule is CCc1c(OC)cc(C(=O)OOC(C)=O)c(C(c2ccccc2)c2ccccc2)c1OC. The monoisotopic (exact) mass is 434 g/mol. The van der Waals surface area contributed by atoms with E-state index in [1.165, 1.54) is 7.11 Å². The van der Waals surface area contributed by atoms with Gasteiger partial charge in [-0.25, -0.2) is 19.4 Å². The average Bonchev–Trinajstić information content (AvgIpc) is 2.83. The summed E-state index contributed by atoms with van der Waals surface area (Å²) in [6.07, 6.45) is 0.620. The maximum absolute atomic E-state index is 13.1. The minimum atomic E-state index is -0.814. The van der Waals surface area contributed by atoms with Crippen LogP contribution in [0.15, 0.2) is 66.7 Å². The topological polar surface area (TPSA) is 71.1 Å². The van der Waals surface area contributed by atoms with Crippen LogP contribution in [0.2, 0.25) is 0 Å². The van der Waals surface area contributed by atoms with Gasteiger partial charge in [-0.15, -0.1) is 0 Å². The maximum atomic E-state index is 13.1. The van der Waals surface area contributed by atoms with Crippen LogP contribution in [-0.2, 0) is 21.0 Å². The van der Waals surface area contributed by atoms with Crippen LogP contribution in [-0.4, -0.2) is 26.2 Å². The quantitative estimate of drug-likeness (QED) is 0.293. The predicted molar refractivity (Wildman–Crippen MR) is 120 cm³/mol. The van der Waals surface area contributed by atoms with Crippen molar-refractivity contribution in [1.29, 1.82) is 0 Å². The molecule has 0 fully saturated rings. The van der Waals surface area contributed by atoms with Crippen LogP contribution in [0.3, 0.4) is 0 Å². The lowest BCUT2D eigenvalue weighted by atomic mass is 9.81. The Hall–Kier alpha value is -3.80. The first-order valence-corrected chi connectivity index (χ1v) is 10.3. The first-order valence-electron chi connectivity index (χ1n) is 10.3. The summed E-state index contributed by atoms with van der Waals surface area (Å²) in [5.74, 6) is -0.872. The molecule has 0 bridgehead atoms. The molecule has 0 atom stereocenters. The largest absolute Gasteiger partial charge is 0.496 e. The Bertz CT molecular complexity index is 1040. The summed E-state index contributed by atoms with van der Waals surface area (Å²) < 4.78 is 11.4. The third kappa shape index (κ3) is 4.75. The molecule has 6 heteroatoms. The van der Waals surface area contributed by atoms with Crippen LogP contribution in [0.4, 0.5) is 0 Å². The smallest absolute Gasteiger partial charge is 0.386 e. The highest BCUT2D eigenvalue weighted by atomic mass is 17.2. The maximum Gasteiger partial charge on any atom is 0.386 e. The molecule has 3 aromatic carbocycles. The summed E-state index contributed by atoms with van der Waals surface area (Å²) in [6, 6.07) is 21.2. The van der Waals surface area contributed by atoms with Gasteiger partial charge in [0.1, 0.15) is 11.5 Å². The first-order chi connectivity index (χ1) is 15.5. The molecule has 0 heterocycles. The lowest BCUT2D eigenvalue weighted by molar-refractivity contribution is -0.231. The van der Waals surface area contributed by atoms with Crippen molar-refractivity contribution in [3.05, 3.63) is 94.5 Å². The van der Waals surface area contributed by atoms with Crippen molar-refractivity contribution in [3.8, 4) is 11.5 Å². The second kappa shape index (κ2) is 10.5. The van der Waals surface area contributed by atoms with Crippen molar-refractivity contribution >= 4 is 11.9 Å². The molecule has 166 valence electrons. The highest BCUT2D eigenvalue weighted by Gasteiger charge is 2.31. The number of benzene rings is 3. The fraction of sp³-hybridized carbons (Fsp3) is 0.231. The molecule has 0 aromatic heterocycles.